The van der Waals surface area contributed by atoms with Crippen LogP contribution >= 0.6 is 24.0 Å². The van der Waals surface area contributed by atoms with Crippen molar-refractivity contribution in [1.82, 2.24) is 15.5 Å². The average Bonchev–Trinajstić information content (AvgIpc) is 3.14. The van der Waals surface area contributed by atoms with Crippen LogP contribution in [0.5, 0.6) is 5.75 Å². The summed E-state index contributed by atoms with van der Waals surface area (Å²) < 4.78 is 11.4. The number of carbonyl (C=O) groups excluding carboxylic acids is 1. The molecule has 0 spiro atoms. The first-order valence-electron chi connectivity index (χ1n) is 9.47. The second-order valence-electron chi connectivity index (χ2n) is 7.19. The number of amides is 1. The van der Waals surface area contributed by atoms with E-state index in [1.54, 1.807) is 14.1 Å². The third-order valence-electron chi connectivity index (χ3n) is 4.34. The quantitative estimate of drug-likeness (QED) is 0.322. The van der Waals surface area contributed by atoms with E-state index in [1.807, 2.05) is 38.1 Å². The summed E-state index contributed by atoms with van der Waals surface area (Å²) >= 11 is 0. The molecule has 158 valence electrons. The number of ether oxygens (including phenoxy) is 2. The van der Waals surface area contributed by atoms with E-state index in [2.05, 4.69) is 15.6 Å². The van der Waals surface area contributed by atoms with E-state index in [-0.39, 0.29) is 42.5 Å². The molecule has 0 aliphatic carbocycles. The first-order valence-corrected chi connectivity index (χ1v) is 9.47. The number of hydrogen-bond donors (Lipinski definition) is 2. The smallest absolute Gasteiger partial charge is 0.243 e. The molecular formula is C20H33IN4O3. The number of aliphatic imine (C=N–C) groups is 1. The normalized spacial score (nSPS) is 17.4. The monoisotopic (exact) mass is 504 g/mol. The lowest BCUT2D eigenvalue weighted by molar-refractivity contribution is -0.127. The van der Waals surface area contributed by atoms with Crippen LogP contribution in [-0.2, 0) is 9.53 Å². The summed E-state index contributed by atoms with van der Waals surface area (Å²) in [6, 6.07) is 7.99. The molecule has 0 radical (unpaired) electrons. The number of halogens is 1. The van der Waals surface area contributed by atoms with Crippen LogP contribution in [0.2, 0.25) is 0 Å². The highest BCUT2D eigenvalue weighted by Crippen LogP contribution is 2.14. The molecule has 1 saturated heterocycles. The highest BCUT2D eigenvalue weighted by atomic mass is 127. The van der Waals surface area contributed by atoms with Crippen LogP contribution < -0.4 is 15.4 Å². The van der Waals surface area contributed by atoms with Crippen molar-refractivity contribution in [2.75, 3.05) is 46.9 Å². The summed E-state index contributed by atoms with van der Waals surface area (Å²) in [6.45, 7) is 7.08. The number of nitrogens with zero attached hydrogens (tertiary/aromatic N) is 2. The SMILES string of the molecule is Cc1cccc(OC(C)CNC(=NCC(=O)N(C)C)NCC2CCOC2)c1.I. The molecule has 1 heterocycles. The van der Waals surface area contributed by atoms with Crippen LogP contribution in [0.1, 0.15) is 18.9 Å². The van der Waals surface area contributed by atoms with Gasteiger partial charge in [0.05, 0.1) is 13.2 Å². The van der Waals surface area contributed by atoms with Crippen LogP contribution in [-0.4, -0.2) is 69.8 Å². The molecule has 2 unspecified atom stereocenters. The van der Waals surface area contributed by atoms with E-state index in [4.69, 9.17) is 9.47 Å². The first kappa shape index (κ1) is 24.5. The molecule has 0 bridgehead atoms. The zero-order valence-electron chi connectivity index (χ0n) is 17.2. The molecule has 7 nitrogen and oxygen atoms in total. The van der Waals surface area contributed by atoms with Crippen LogP contribution in [0.3, 0.4) is 0 Å². The summed E-state index contributed by atoms with van der Waals surface area (Å²) in [5.41, 5.74) is 1.16. The Hall–Kier alpha value is -1.55. The van der Waals surface area contributed by atoms with Gasteiger partial charge in [0.1, 0.15) is 18.4 Å². The van der Waals surface area contributed by atoms with Crippen LogP contribution in [0, 0.1) is 12.8 Å². The fraction of sp³-hybridized carbons (Fsp3) is 0.600. The highest BCUT2D eigenvalue weighted by Gasteiger charge is 2.16. The van der Waals surface area contributed by atoms with Crippen LogP contribution in [0.4, 0.5) is 0 Å². The Morgan fingerprint density at radius 1 is 1.39 bits per heavy atom. The lowest BCUT2D eigenvalue weighted by Crippen LogP contribution is -2.44. The predicted molar refractivity (Wildman–Crippen MR) is 123 cm³/mol. The predicted octanol–water partition coefficient (Wildman–Crippen LogP) is 2.04. The molecule has 1 aliphatic rings. The third kappa shape index (κ3) is 9.09. The Morgan fingerprint density at radius 2 is 2.18 bits per heavy atom. The van der Waals surface area contributed by atoms with Crippen molar-refractivity contribution in [3.8, 4) is 5.75 Å². The number of hydrogen-bond acceptors (Lipinski definition) is 4. The number of benzene rings is 1. The standard InChI is InChI=1S/C20H32N4O3.HI/c1-15-6-5-7-18(10-15)27-16(2)11-21-20(23-13-19(25)24(3)4)22-12-17-8-9-26-14-17;/h5-7,10,16-17H,8-9,11-14H2,1-4H3,(H2,21,22,23);1H. The van der Waals surface area contributed by atoms with Gasteiger partial charge in [-0.3, -0.25) is 4.79 Å². The van der Waals surface area contributed by atoms with Gasteiger partial charge in [0, 0.05) is 33.2 Å². The number of aryl methyl sites for hydroxylation is 1. The Labute approximate surface area is 185 Å². The molecule has 28 heavy (non-hydrogen) atoms. The van der Waals surface area contributed by atoms with E-state index in [0.717, 1.165) is 37.5 Å². The van der Waals surface area contributed by atoms with Gasteiger partial charge in [-0.2, -0.15) is 0 Å². The van der Waals surface area contributed by atoms with Gasteiger partial charge in [-0.1, -0.05) is 12.1 Å². The summed E-state index contributed by atoms with van der Waals surface area (Å²) in [7, 11) is 3.46. The van der Waals surface area contributed by atoms with Gasteiger partial charge in [-0.15, -0.1) is 24.0 Å². The molecular weight excluding hydrogens is 471 g/mol. The van der Waals surface area contributed by atoms with E-state index >= 15 is 0 Å². The van der Waals surface area contributed by atoms with Crippen molar-refractivity contribution in [3.63, 3.8) is 0 Å². The second-order valence-corrected chi connectivity index (χ2v) is 7.19. The van der Waals surface area contributed by atoms with E-state index in [0.29, 0.717) is 18.4 Å². The molecule has 1 fully saturated rings. The summed E-state index contributed by atoms with van der Waals surface area (Å²) in [5, 5.41) is 6.59. The average molecular weight is 504 g/mol. The van der Waals surface area contributed by atoms with Crippen molar-refractivity contribution in [1.29, 1.82) is 0 Å². The van der Waals surface area contributed by atoms with Gasteiger partial charge in [0.2, 0.25) is 5.91 Å². The van der Waals surface area contributed by atoms with E-state index < -0.39 is 0 Å². The molecule has 1 aromatic rings. The van der Waals surface area contributed by atoms with E-state index in [9.17, 15) is 4.79 Å². The van der Waals surface area contributed by atoms with Crippen molar-refractivity contribution >= 4 is 35.8 Å². The number of rotatable bonds is 8. The van der Waals surface area contributed by atoms with E-state index in [1.165, 1.54) is 4.90 Å². The fourth-order valence-corrected chi connectivity index (χ4v) is 2.65. The van der Waals surface area contributed by atoms with Gasteiger partial charge in [0.25, 0.3) is 0 Å². The first-order chi connectivity index (χ1) is 12.9. The summed E-state index contributed by atoms with van der Waals surface area (Å²) in [6.07, 6.45) is 1.00. The minimum Gasteiger partial charge on any atom is -0.489 e. The van der Waals surface area contributed by atoms with Crippen molar-refractivity contribution < 1.29 is 14.3 Å². The number of guanidine groups is 1. The minimum atomic E-state index is -0.0434. The molecule has 2 rings (SSSR count). The molecule has 8 heteroatoms. The fourth-order valence-electron chi connectivity index (χ4n) is 2.65. The molecule has 1 amide bonds. The Bertz CT molecular complexity index is 634. The lowest BCUT2D eigenvalue weighted by Gasteiger charge is -2.19. The zero-order valence-corrected chi connectivity index (χ0v) is 19.6. The van der Waals surface area contributed by atoms with Gasteiger partial charge in [-0.25, -0.2) is 4.99 Å². The topological polar surface area (TPSA) is 75.2 Å². The zero-order chi connectivity index (χ0) is 19.6. The van der Waals surface area contributed by atoms with Crippen molar-refractivity contribution in [2.45, 2.75) is 26.4 Å². The maximum atomic E-state index is 11.8. The van der Waals surface area contributed by atoms with Gasteiger partial charge in [0.15, 0.2) is 5.96 Å². The van der Waals surface area contributed by atoms with Crippen molar-refractivity contribution in [3.05, 3.63) is 29.8 Å². The summed E-state index contributed by atoms with van der Waals surface area (Å²) in [4.78, 5) is 17.8. The summed E-state index contributed by atoms with van der Waals surface area (Å²) in [5.74, 6) is 1.91. The van der Waals surface area contributed by atoms with Gasteiger partial charge in [-0.05, 0) is 38.0 Å². The Balaban J connectivity index is 0.00000392. The lowest BCUT2D eigenvalue weighted by atomic mass is 10.1. The third-order valence-corrected chi connectivity index (χ3v) is 4.34. The highest BCUT2D eigenvalue weighted by molar-refractivity contribution is 14.0. The number of nitrogens with one attached hydrogen (secondary N) is 2. The molecule has 1 aliphatic heterocycles. The minimum absolute atomic E-state index is 0. The van der Waals surface area contributed by atoms with Crippen LogP contribution in [0.15, 0.2) is 29.3 Å². The maximum absolute atomic E-state index is 11.8. The number of likely N-dealkylation sites (N-methyl/N-ethyl adjacent to an activating group) is 1. The molecule has 2 N–H and O–H groups in total. The largest absolute Gasteiger partial charge is 0.489 e. The molecule has 0 saturated carbocycles. The Morgan fingerprint density at radius 3 is 2.82 bits per heavy atom. The van der Waals surface area contributed by atoms with Crippen LogP contribution in [0.25, 0.3) is 0 Å². The molecule has 0 aromatic heterocycles. The maximum Gasteiger partial charge on any atom is 0.243 e. The number of carbonyl (C=O) groups is 1. The van der Waals surface area contributed by atoms with Crippen molar-refractivity contribution in [2.24, 2.45) is 10.9 Å². The van der Waals surface area contributed by atoms with Gasteiger partial charge >= 0.3 is 0 Å². The van der Waals surface area contributed by atoms with Gasteiger partial charge < -0.3 is 25.0 Å². The second kappa shape index (κ2) is 12.8. The molecule has 2 atom stereocenters. The molecule has 1 aromatic carbocycles. The Kier molecular flexibility index (Phi) is 11.2.